The Balaban J connectivity index is 1.80. The first-order chi connectivity index (χ1) is 12.1. The van der Waals surface area contributed by atoms with Crippen molar-refractivity contribution in [1.82, 2.24) is 15.3 Å². The summed E-state index contributed by atoms with van der Waals surface area (Å²) in [7, 11) is 1.63. The number of nitrogens with one attached hydrogen (secondary N) is 2. The molecule has 0 aliphatic carbocycles. The number of aryl methyl sites for hydroxylation is 1. The largest absolute Gasteiger partial charge is 0.496 e. The topological polar surface area (TPSA) is 84.1 Å². The normalized spacial score (nSPS) is 10.5. The molecule has 0 aliphatic rings. The predicted octanol–water partition coefficient (Wildman–Crippen LogP) is 2.18. The molecule has 0 spiro atoms. The first kappa shape index (κ1) is 19.1. The number of aromatic nitrogens is 2. The SMILES string of the molecule is CCCc1cc(=O)[nH]c(SCC(=O)NCCc2ccccc2OC)n1. The van der Waals surface area contributed by atoms with Gasteiger partial charge in [0, 0.05) is 18.3 Å². The van der Waals surface area contributed by atoms with E-state index in [0.29, 0.717) is 18.1 Å². The minimum absolute atomic E-state index is 0.0940. The fourth-order valence-electron chi connectivity index (χ4n) is 2.37. The van der Waals surface area contributed by atoms with Crippen molar-refractivity contribution >= 4 is 17.7 Å². The fourth-order valence-corrected chi connectivity index (χ4v) is 3.09. The zero-order chi connectivity index (χ0) is 18.1. The van der Waals surface area contributed by atoms with E-state index in [-0.39, 0.29) is 17.2 Å². The minimum Gasteiger partial charge on any atom is -0.496 e. The summed E-state index contributed by atoms with van der Waals surface area (Å²) in [5.74, 6) is 0.939. The minimum atomic E-state index is -0.183. The van der Waals surface area contributed by atoms with Crippen LogP contribution >= 0.6 is 11.8 Å². The number of methoxy groups -OCH3 is 1. The number of benzene rings is 1. The summed E-state index contributed by atoms with van der Waals surface area (Å²) >= 11 is 1.23. The van der Waals surface area contributed by atoms with Crippen molar-refractivity contribution in [3.63, 3.8) is 0 Å². The Labute approximate surface area is 151 Å². The lowest BCUT2D eigenvalue weighted by molar-refractivity contribution is -0.118. The van der Waals surface area contributed by atoms with Gasteiger partial charge in [-0.25, -0.2) is 4.98 Å². The van der Waals surface area contributed by atoms with Gasteiger partial charge in [0.1, 0.15) is 5.75 Å². The number of aromatic amines is 1. The van der Waals surface area contributed by atoms with Gasteiger partial charge in [-0.3, -0.25) is 9.59 Å². The van der Waals surface area contributed by atoms with Crippen LogP contribution in [0.3, 0.4) is 0 Å². The number of hydrogen-bond donors (Lipinski definition) is 2. The van der Waals surface area contributed by atoms with Crippen LogP contribution in [-0.2, 0) is 17.6 Å². The highest BCUT2D eigenvalue weighted by molar-refractivity contribution is 7.99. The average molecular weight is 361 g/mol. The standard InChI is InChI=1S/C18H23N3O3S/c1-3-6-14-11-16(22)21-18(20-14)25-12-17(23)19-10-9-13-7-4-5-8-15(13)24-2/h4-5,7-8,11H,3,6,9-10,12H2,1-2H3,(H,19,23)(H,20,21,22). The van der Waals surface area contributed by atoms with Crippen molar-refractivity contribution in [1.29, 1.82) is 0 Å². The zero-order valence-electron chi connectivity index (χ0n) is 14.5. The third-order valence-corrected chi connectivity index (χ3v) is 4.40. The Bertz CT molecular complexity index is 761. The molecule has 2 aromatic rings. The maximum Gasteiger partial charge on any atom is 0.251 e. The first-order valence-electron chi connectivity index (χ1n) is 8.24. The van der Waals surface area contributed by atoms with Crippen LogP contribution in [0.2, 0.25) is 0 Å². The molecule has 25 heavy (non-hydrogen) atoms. The number of ether oxygens (including phenoxy) is 1. The van der Waals surface area contributed by atoms with Crippen LogP contribution in [0.5, 0.6) is 5.75 Å². The lowest BCUT2D eigenvalue weighted by Gasteiger charge is -2.09. The number of rotatable bonds is 9. The van der Waals surface area contributed by atoms with E-state index in [1.807, 2.05) is 31.2 Å². The summed E-state index contributed by atoms with van der Waals surface area (Å²) < 4.78 is 5.29. The number of para-hydroxylation sites is 1. The smallest absolute Gasteiger partial charge is 0.251 e. The molecule has 0 unspecified atom stereocenters. The highest BCUT2D eigenvalue weighted by Gasteiger charge is 2.07. The number of nitrogens with zero attached hydrogens (tertiary/aromatic N) is 1. The zero-order valence-corrected chi connectivity index (χ0v) is 15.3. The molecule has 2 N–H and O–H groups in total. The van der Waals surface area contributed by atoms with Crippen LogP contribution in [0.1, 0.15) is 24.6 Å². The van der Waals surface area contributed by atoms with Gasteiger partial charge < -0.3 is 15.0 Å². The van der Waals surface area contributed by atoms with Crippen molar-refractivity contribution in [2.75, 3.05) is 19.4 Å². The van der Waals surface area contributed by atoms with Gasteiger partial charge in [-0.2, -0.15) is 0 Å². The Morgan fingerprint density at radius 1 is 1.32 bits per heavy atom. The number of H-pyrrole nitrogens is 1. The molecule has 0 bridgehead atoms. The van der Waals surface area contributed by atoms with E-state index < -0.39 is 0 Å². The second-order valence-corrected chi connectivity index (χ2v) is 6.46. The van der Waals surface area contributed by atoms with Gasteiger partial charge in [-0.15, -0.1) is 0 Å². The van der Waals surface area contributed by atoms with Gasteiger partial charge in [0.05, 0.1) is 12.9 Å². The molecule has 7 heteroatoms. The van der Waals surface area contributed by atoms with Crippen molar-refractivity contribution in [3.05, 3.63) is 51.9 Å². The Morgan fingerprint density at radius 2 is 2.12 bits per heavy atom. The molecule has 0 atom stereocenters. The number of carbonyl (C=O) groups excluding carboxylic acids is 1. The van der Waals surface area contributed by atoms with Gasteiger partial charge in [-0.1, -0.05) is 43.3 Å². The number of amides is 1. The summed E-state index contributed by atoms with van der Waals surface area (Å²) in [5, 5.41) is 3.35. The van der Waals surface area contributed by atoms with E-state index >= 15 is 0 Å². The van der Waals surface area contributed by atoms with Crippen LogP contribution < -0.4 is 15.6 Å². The monoisotopic (exact) mass is 361 g/mol. The van der Waals surface area contributed by atoms with Crippen LogP contribution in [0.4, 0.5) is 0 Å². The average Bonchev–Trinajstić information content (AvgIpc) is 2.60. The van der Waals surface area contributed by atoms with E-state index in [0.717, 1.165) is 29.8 Å². The summed E-state index contributed by atoms with van der Waals surface area (Å²) in [6.07, 6.45) is 2.37. The predicted molar refractivity (Wildman–Crippen MR) is 99.3 cm³/mol. The molecule has 1 aromatic carbocycles. The van der Waals surface area contributed by atoms with Gasteiger partial charge in [0.15, 0.2) is 5.16 Å². The fraction of sp³-hybridized carbons (Fsp3) is 0.389. The van der Waals surface area contributed by atoms with Crippen LogP contribution in [0.25, 0.3) is 0 Å². The molecule has 0 radical (unpaired) electrons. The van der Waals surface area contributed by atoms with Gasteiger partial charge in [0.25, 0.3) is 5.56 Å². The summed E-state index contributed by atoms with van der Waals surface area (Å²) in [6.45, 7) is 2.56. The number of thioether (sulfide) groups is 1. The van der Waals surface area contributed by atoms with E-state index in [1.54, 1.807) is 7.11 Å². The van der Waals surface area contributed by atoms with E-state index in [4.69, 9.17) is 4.74 Å². The van der Waals surface area contributed by atoms with Gasteiger partial charge in [0.2, 0.25) is 5.91 Å². The van der Waals surface area contributed by atoms with Crippen LogP contribution in [-0.4, -0.2) is 35.3 Å². The molecule has 0 fully saturated rings. The van der Waals surface area contributed by atoms with Crippen molar-refractivity contribution < 1.29 is 9.53 Å². The van der Waals surface area contributed by atoms with Gasteiger partial charge >= 0.3 is 0 Å². The second kappa shape index (κ2) is 9.88. The third-order valence-electron chi connectivity index (χ3n) is 3.53. The van der Waals surface area contributed by atoms with Crippen LogP contribution in [0, 0.1) is 0 Å². The molecule has 0 aliphatic heterocycles. The second-order valence-electron chi connectivity index (χ2n) is 5.49. The molecule has 1 heterocycles. The Morgan fingerprint density at radius 3 is 2.88 bits per heavy atom. The molecule has 134 valence electrons. The number of carbonyl (C=O) groups is 1. The van der Waals surface area contributed by atoms with Crippen molar-refractivity contribution in [2.45, 2.75) is 31.3 Å². The summed E-state index contributed by atoms with van der Waals surface area (Å²) in [4.78, 5) is 30.6. The maximum atomic E-state index is 12.0. The lowest BCUT2D eigenvalue weighted by Crippen LogP contribution is -2.27. The van der Waals surface area contributed by atoms with Crippen molar-refractivity contribution in [3.8, 4) is 5.75 Å². The molecule has 6 nitrogen and oxygen atoms in total. The molecule has 2 rings (SSSR count). The third kappa shape index (κ3) is 6.26. The van der Waals surface area contributed by atoms with E-state index in [1.165, 1.54) is 17.8 Å². The number of hydrogen-bond acceptors (Lipinski definition) is 5. The summed E-state index contributed by atoms with van der Waals surface area (Å²) in [6, 6.07) is 9.24. The lowest BCUT2D eigenvalue weighted by atomic mass is 10.1. The maximum absolute atomic E-state index is 12.0. The molecule has 1 aromatic heterocycles. The molecule has 0 saturated heterocycles. The first-order valence-corrected chi connectivity index (χ1v) is 9.22. The summed E-state index contributed by atoms with van der Waals surface area (Å²) in [5.41, 5.74) is 1.62. The van der Waals surface area contributed by atoms with Crippen LogP contribution in [0.15, 0.2) is 40.3 Å². The highest BCUT2D eigenvalue weighted by Crippen LogP contribution is 2.17. The highest BCUT2D eigenvalue weighted by atomic mass is 32.2. The van der Waals surface area contributed by atoms with Crippen molar-refractivity contribution in [2.24, 2.45) is 0 Å². The van der Waals surface area contributed by atoms with Gasteiger partial charge in [-0.05, 0) is 24.5 Å². The molecule has 0 saturated carbocycles. The Hall–Kier alpha value is -2.28. The van der Waals surface area contributed by atoms with E-state index in [9.17, 15) is 9.59 Å². The quantitative estimate of drug-likeness (QED) is 0.528. The van der Waals surface area contributed by atoms with E-state index in [2.05, 4.69) is 15.3 Å². The molecular weight excluding hydrogens is 338 g/mol. The molecule has 1 amide bonds. The molecular formula is C18H23N3O3S. The Kier molecular flexibility index (Phi) is 7.53.